The van der Waals surface area contributed by atoms with E-state index in [4.69, 9.17) is 0 Å². The molecule has 24 heavy (non-hydrogen) atoms. The molecule has 0 amide bonds. The van der Waals surface area contributed by atoms with Gasteiger partial charge in [-0.05, 0) is 36.3 Å². The van der Waals surface area contributed by atoms with E-state index in [0.29, 0.717) is 11.6 Å². The van der Waals surface area contributed by atoms with Crippen LogP contribution < -0.4 is 5.43 Å². The summed E-state index contributed by atoms with van der Waals surface area (Å²) in [4.78, 5) is 10.7. The predicted octanol–water partition coefficient (Wildman–Crippen LogP) is 3.08. The molecule has 0 aromatic heterocycles. The highest BCUT2D eigenvalue weighted by Crippen LogP contribution is 2.35. The molecule has 0 bridgehead atoms. The third kappa shape index (κ3) is 4.45. The topological polar surface area (TPSA) is 92.6 Å². The van der Waals surface area contributed by atoms with Gasteiger partial charge in [-0.3, -0.25) is 10.1 Å². The first kappa shape index (κ1) is 18.7. The van der Waals surface area contributed by atoms with E-state index in [2.05, 4.69) is 26.2 Å². The van der Waals surface area contributed by atoms with Crippen LogP contribution in [0.1, 0.15) is 33.6 Å². The second-order valence-electron chi connectivity index (χ2n) is 7.45. The summed E-state index contributed by atoms with van der Waals surface area (Å²) in [5.74, 6) is 0.623. The number of piperidine rings is 1. The van der Waals surface area contributed by atoms with Crippen LogP contribution in [0.5, 0.6) is 0 Å². The summed E-state index contributed by atoms with van der Waals surface area (Å²) < 4.78 is 23.2. The van der Waals surface area contributed by atoms with E-state index in [1.807, 2.05) is 5.01 Å². The minimum Gasteiger partial charge on any atom is -0.313 e. The Bertz CT molecular complexity index is 717. The average molecular weight is 355 g/mol. The molecule has 1 aromatic rings. The SMILES string of the molecule is CC(C)(C)C1CCN(Nc2ccc(S(C)(=O)=O)cc2[N+](=O)[O-])CC1. The van der Waals surface area contributed by atoms with Gasteiger partial charge in [-0.2, -0.15) is 0 Å². The zero-order chi connectivity index (χ0) is 18.1. The third-order valence-electron chi connectivity index (χ3n) is 4.59. The van der Waals surface area contributed by atoms with Crippen LogP contribution in [0.25, 0.3) is 0 Å². The number of nitro groups is 1. The largest absolute Gasteiger partial charge is 0.313 e. The molecule has 134 valence electrons. The van der Waals surface area contributed by atoms with Crippen LogP contribution in [0.4, 0.5) is 11.4 Å². The van der Waals surface area contributed by atoms with Crippen molar-refractivity contribution >= 4 is 21.2 Å². The molecule has 0 unspecified atom stereocenters. The smallest absolute Gasteiger partial charge is 0.294 e. The van der Waals surface area contributed by atoms with Crippen molar-refractivity contribution in [1.29, 1.82) is 0 Å². The van der Waals surface area contributed by atoms with Gasteiger partial charge >= 0.3 is 0 Å². The first-order chi connectivity index (χ1) is 11.0. The Labute approximate surface area is 143 Å². The lowest BCUT2D eigenvalue weighted by Crippen LogP contribution is -2.41. The summed E-state index contributed by atoms with van der Waals surface area (Å²) in [6.45, 7) is 8.29. The number of hydrogen-bond donors (Lipinski definition) is 1. The van der Waals surface area contributed by atoms with Crippen LogP contribution in [-0.2, 0) is 9.84 Å². The van der Waals surface area contributed by atoms with Crippen LogP contribution in [0.3, 0.4) is 0 Å². The van der Waals surface area contributed by atoms with Gasteiger partial charge in [0.15, 0.2) is 9.84 Å². The molecule has 7 nitrogen and oxygen atoms in total. The van der Waals surface area contributed by atoms with Crippen LogP contribution in [0.2, 0.25) is 0 Å². The predicted molar refractivity (Wildman–Crippen MR) is 93.6 cm³/mol. The van der Waals surface area contributed by atoms with E-state index in [1.165, 1.54) is 12.1 Å². The Hall–Kier alpha value is -1.67. The number of anilines is 1. The molecule has 1 aromatic carbocycles. The Morgan fingerprint density at radius 1 is 1.25 bits per heavy atom. The molecule has 1 heterocycles. The first-order valence-electron chi connectivity index (χ1n) is 7.98. The highest BCUT2D eigenvalue weighted by Gasteiger charge is 2.29. The van der Waals surface area contributed by atoms with Crippen molar-refractivity contribution in [2.45, 2.75) is 38.5 Å². The van der Waals surface area contributed by atoms with Crippen LogP contribution in [-0.4, -0.2) is 37.7 Å². The third-order valence-corrected chi connectivity index (χ3v) is 5.70. The van der Waals surface area contributed by atoms with E-state index in [1.54, 1.807) is 0 Å². The lowest BCUT2D eigenvalue weighted by molar-refractivity contribution is -0.384. The molecule has 0 spiro atoms. The van der Waals surface area contributed by atoms with Crippen molar-refractivity contribution in [2.24, 2.45) is 11.3 Å². The summed E-state index contributed by atoms with van der Waals surface area (Å²) >= 11 is 0. The standard InChI is InChI=1S/C16H25N3O4S/c1-16(2,3)12-7-9-18(10-8-12)17-14-6-5-13(24(4,22)23)11-15(14)19(20)21/h5-6,11-12,17H,7-10H2,1-4H3. The highest BCUT2D eigenvalue weighted by atomic mass is 32.2. The van der Waals surface area contributed by atoms with E-state index in [0.717, 1.165) is 38.3 Å². The molecule has 0 saturated carbocycles. The monoisotopic (exact) mass is 355 g/mol. The van der Waals surface area contributed by atoms with Gasteiger partial charge in [0.25, 0.3) is 5.69 Å². The summed E-state index contributed by atoms with van der Waals surface area (Å²) in [5.41, 5.74) is 3.43. The number of benzene rings is 1. The highest BCUT2D eigenvalue weighted by molar-refractivity contribution is 7.90. The minimum atomic E-state index is -3.48. The summed E-state index contributed by atoms with van der Waals surface area (Å²) in [6, 6.07) is 3.97. The molecule has 1 aliphatic rings. The molecule has 1 saturated heterocycles. The van der Waals surface area contributed by atoms with Crippen LogP contribution in [0, 0.1) is 21.4 Å². The van der Waals surface area contributed by atoms with Gasteiger partial charge in [0, 0.05) is 25.4 Å². The van der Waals surface area contributed by atoms with Crippen molar-refractivity contribution in [3.63, 3.8) is 0 Å². The van der Waals surface area contributed by atoms with Crippen molar-refractivity contribution in [3.05, 3.63) is 28.3 Å². The lowest BCUT2D eigenvalue weighted by Gasteiger charge is -2.38. The van der Waals surface area contributed by atoms with Crippen molar-refractivity contribution in [1.82, 2.24) is 5.01 Å². The van der Waals surface area contributed by atoms with E-state index < -0.39 is 14.8 Å². The van der Waals surface area contributed by atoms with Gasteiger partial charge in [0.2, 0.25) is 0 Å². The zero-order valence-corrected chi connectivity index (χ0v) is 15.4. The summed E-state index contributed by atoms with van der Waals surface area (Å²) in [7, 11) is -3.48. The quantitative estimate of drug-likeness (QED) is 0.659. The molecule has 0 aliphatic carbocycles. The van der Waals surface area contributed by atoms with Gasteiger partial charge in [-0.1, -0.05) is 20.8 Å². The fourth-order valence-corrected chi connectivity index (χ4v) is 3.66. The normalized spacial score (nSPS) is 17.7. The van der Waals surface area contributed by atoms with Crippen LogP contribution in [0.15, 0.2) is 23.1 Å². The van der Waals surface area contributed by atoms with E-state index in [9.17, 15) is 18.5 Å². The maximum atomic E-state index is 11.6. The maximum absolute atomic E-state index is 11.6. The van der Waals surface area contributed by atoms with Gasteiger partial charge in [0.1, 0.15) is 5.69 Å². The fourth-order valence-electron chi connectivity index (χ4n) is 3.02. The molecule has 0 radical (unpaired) electrons. The second kappa shape index (κ2) is 6.68. The Morgan fingerprint density at radius 3 is 2.29 bits per heavy atom. The molecule has 2 rings (SSSR count). The van der Waals surface area contributed by atoms with Crippen LogP contribution >= 0.6 is 0 Å². The number of hydrazine groups is 1. The summed E-state index contributed by atoms with van der Waals surface area (Å²) in [6.07, 6.45) is 3.08. The van der Waals surface area contributed by atoms with E-state index >= 15 is 0 Å². The van der Waals surface area contributed by atoms with Gasteiger partial charge in [-0.25, -0.2) is 13.4 Å². The number of hydrogen-bond acceptors (Lipinski definition) is 6. The van der Waals surface area contributed by atoms with Gasteiger partial charge < -0.3 is 5.43 Å². The minimum absolute atomic E-state index is 0.0498. The Morgan fingerprint density at radius 2 is 1.83 bits per heavy atom. The van der Waals surface area contributed by atoms with Gasteiger partial charge in [0.05, 0.1) is 9.82 Å². The van der Waals surface area contributed by atoms with Crippen molar-refractivity contribution in [3.8, 4) is 0 Å². The molecule has 0 atom stereocenters. The number of sulfone groups is 1. The first-order valence-corrected chi connectivity index (χ1v) is 9.88. The lowest BCUT2D eigenvalue weighted by atomic mass is 9.75. The Balaban J connectivity index is 2.15. The van der Waals surface area contributed by atoms with E-state index in [-0.39, 0.29) is 16.0 Å². The number of nitrogens with zero attached hydrogens (tertiary/aromatic N) is 2. The summed E-state index contributed by atoms with van der Waals surface area (Å²) in [5, 5.41) is 13.2. The van der Waals surface area contributed by atoms with Crippen molar-refractivity contribution < 1.29 is 13.3 Å². The maximum Gasteiger partial charge on any atom is 0.294 e. The average Bonchev–Trinajstić information content (AvgIpc) is 2.46. The fraction of sp³-hybridized carbons (Fsp3) is 0.625. The molecule has 8 heteroatoms. The molecule has 1 aliphatic heterocycles. The molecule has 1 N–H and O–H groups in total. The molecule has 1 fully saturated rings. The number of rotatable bonds is 4. The molecular formula is C16H25N3O4S. The Kier molecular flexibility index (Phi) is 5.19. The molecular weight excluding hydrogens is 330 g/mol. The number of nitro benzene ring substituents is 1. The zero-order valence-electron chi connectivity index (χ0n) is 14.6. The van der Waals surface area contributed by atoms with Gasteiger partial charge in [-0.15, -0.1) is 0 Å². The second-order valence-corrected chi connectivity index (χ2v) is 9.46. The number of nitrogens with one attached hydrogen (secondary N) is 1. The van der Waals surface area contributed by atoms with Crippen molar-refractivity contribution in [2.75, 3.05) is 24.8 Å².